The molecule has 0 radical (unpaired) electrons. The quantitative estimate of drug-likeness (QED) is 0.440. The molecule has 0 fully saturated rings. The Labute approximate surface area is 55.7 Å². The Kier molecular flexibility index (Phi) is 1.59. The third kappa shape index (κ3) is 1.14. The standard InChI is InChI=1S/C3H4N4OS/c8-2-5-7-1-4-6-3(7)9/h1-2H,(H,5,8)(H,6,9). The average molecular weight is 144 g/mol. The van der Waals surface area contributed by atoms with Gasteiger partial charge in [0, 0.05) is 0 Å². The molecule has 0 unspecified atom stereocenters. The molecule has 0 aliphatic carbocycles. The van der Waals surface area contributed by atoms with Crippen molar-refractivity contribution >= 4 is 18.6 Å². The molecule has 48 valence electrons. The van der Waals surface area contributed by atoms with Crippen LogP contribution in [0.15, 0.2) is 6.33 Å². The number of rotatable bonds is 2. The predicted molar refractivity (Wildman–Crippen MR) is 32.8 cm³/mol. The van der Waals surface area contributed by atoms with Crippen LogP contribution in [0, 0.1) is 4.77 Å². The maximum atomic E-state index is 9.80. The first-order valence-corrected chi connectivity index (χ1v) is 2.57. The van der Waals surface area contributed by atoms with Gasteiger partial charge in [0.1, 0.15) is 6.33 Å². The number of carbonyl (C=O) groups is 1. The van der Waals surface area contributed by atoms with Gasteiger partial charge in [-0.05, 0) is 12.2 Å². The van der Waals surface area contributed by atoms with Crippen LogP contribution < -0.4 is 5.43 Å². The Morgan fingerprint density at radius 3 is 3.22 bits per heavy atom. The molecule has 1 amide bonds. The fourth-order valence-electron chi connectivity index (χ4n) is 0.397. The van der Waals surface area contributed by atoms with E-state index in [0.717, 1.165) is 0 Å². The number of hydrogen-bond donors (Lipinski definition) is 2. The van der Waals surface area contributed by atoms with Crippen molar-refractivity contribution < 1.29 is 4.79 Å². The Balaban J connectivity index is 2.93. The van der Waals surface area contributed by atoms with Crippen molar-refractivity contribution in [2.75, 3.05) is 5.43 Å². The minimum Gasteiger partial charge on any atom is -0.277 e. The van der Waals surface area contributed by atoms with Gasteiger partial charge >= 0.3 is 0 Å². The molecule has 0 aliphatic heterocycles. The summed E-state index contributed by atoms with van der Waals surface area (Å²) in [5, 5.41) is 6.01. The molecule has 1 aromatic rings. The average Bonchev–Trinajstić information content (AvgIpc) is 2.18. The third-order valence-electron chi connectivity index (χ3n) is 0.744. The van der Waals surface area contributed by atoms with Crippen molar-refractivity contribution in [1.29, 1.82) is 0 Å². The second-order valence-electron chi connectivity index (χ2n) is 1.28. The number of nitrogens with zero attached hydrogens (tertiary/aromatic N) is 2. The monoisotopic (exact) mass is 144 g/mol. The summed E-state index contributed by atoms with van der Waals surface area (Å²) >= 11 is 4.67. The second-order valence-corrected chi connectivity index (χ2v) is 1.67. The Bertz CT molecular complexity index is 250. The molecular formula is C3H4N4OS. The van der Waals surface area contributed by atoms with Crippen molar-refractivity contribution in [3.8, 4) is 0 Å². The van der Waals surface area contributed by atoms with Gasteiger partial charge < -0.3 is 0 Å². The van der Waals surface area contributed by atoms with Crippen LogP contribution in [0.25, 0.3) is 0 Å². The van der Waals surface area contributed by atoms with Crippen LogP contribution in [-0.4, -0.2) is 21.3 Å². The highest BCUT2D eigenvalue weighted by atomic mass is 32.1. The van der Waals surface area contributed by atoms with Crippen LogP contribution in [0.4, 0.5) is 0 Å². The zero-order valence-corrected chi connectivity index (χ0v) is 5.18. The normalized spacial score (nSPS) is 8.89. The van der Waals surface area contributed by atoms with E-state index in [0.29, 0.717) is 11.2 Å². The number of carbonyl (C=O) groups excluding carboxylic acids is 1. The van der Waals surface area contributed by atoms with E-state index in [1.165, 1.54) is 11.0 Å². The van der Waals surface area contributed by atoms with Gasteiger partial charge in [-0.1, -0.05) is 0 Å². The van der Waals surface area contributed by atoms with Crippen molar-refractivity contribution in [3.05, 3.63) is 11.1 Å². The van der Waals surface area contributed by atoms with Crippen molar-refractivity contribution in [3.63, 3.8) is 0 Å². The van der Waals surface area contributed by atoms with Gasteiger partial charge in [0.2, 0.25) is 11.2 Å². The molecule has 0 saturated carbocycles. The molecule has 1 heterocycles. The number of hydrogen-bond acceptors (Lipinski definition) is 3. The second kappa shape index (κ2) is 2.40. The van der Waals surface area contributed by atoms with Crippen molar-refractivity contribution in [1.82, 2.24) is 14.9 Å². The summed E-state index contributed by atoms with van der Waals surface area (Å²) in [6.45, 7) is 0. The number of H-pyrrole nitrogens is 1. The van der Waals surface area contributed by atoms with E-state index in [1.54, 1.807) is 0 Å². The fourth-order valence-corrected chi connectivity index (χ4v) is 0.549. The van der Waals surface area contributed by atoms with Crippen LogP contribution >= 0.6 is 12.2 Å². The number of aromatic nitrogens is 3. The summed E-state index contributed by atoms with van der Waals surface area (Å²) in [6, 6.07) is 0. The first kappa shape index (κ1) is 5.96. The molecule has 1 rings (SSSR count). The van der Waals surface area contributed by atoms with Crippen LogP contribution in [0.3, 0.4) is 0 Å². The minimum absolute atomic E-state index is 0.363. The zero-order chi connectivity index (χ0) is 6.69. The van der Waals surface area contributed by atoms with E-state index in [4.69, 9.17) is 0 Å². The molecule has 0 aliphatic rings. The Morgan fingerprint density at radius 1 is 2.00 bits per heavy atom. The number of amides is 1. The lowest BCUT2D eigenvalue weighted by atomic mass is 11.2. The van der Waals surface area contributed by atoms with E-state index < -0.39 is 0 Å². The van der Waals surface area contributed by atoms with E-state index in [1.807, 2.05) is 0 Å². The summed E-state index contributed by atoms with van der Waals surface area (Å²) in [4.78, 5) is 9.80. The topological polar surface area (TPSA) is 62.7 Å². The molecule has 0 atom stereocenters. The van der Waals surface area contributed by atoms with E-state index in [-0.39, 0.29) is 0 Å². The van der Waals surface area contributed by atoms with Gasteiger partial charge in [-0.25, -0.2) is 4.68 Å². The van der Waals surface area contributed by atoms with Gasteiger partial charge in [0.05, 0.1) is 0 Å². The summed E-state index contributed by atoms with van der Waals surface area (Å²) in [6.07, 6.45) is 1.89. The van der Waals surface area contributed by atoms with Crippen LogP contribution in [-0.2, 0) is 4.79 Å². The lowest BCUT2D eigenvalue weighted by Gasteiger charge is -1.91. The van der Waals surface area contributed by atoms with Gasteiger partial charge in [0.25, 0.3) is 0 Å². The lowest BCUT2D eigenvalue weighted by molar-refractivity contribution is -0.106. The highest BCUT2D eigenvalue weighted by molar-refractivity contribution is 7.71. The summed E-state index contributed by atoms with van der Waals surface area (Å²) in [5.74, 6) is 0. The molecule has 0 aromatic carbocycles. The summed E-state index contributed by atoms with van der Waals surface area (Å²) in [7, 11) is 0. The van der Waals surface area contributed by atoms with Crippen molar-refractivity contribution in [2.45, 2.75) is 0 Å². The first-order chi connectivity index (χ1) is 4.34. The Morgan fingerprint density at radius 2 is 2.78 bits per heavy atom. The van der Waals surface area contributed by atoms with Gasteiger partial charge in [0.15, 0.2) is 0 Å². The summed E-state index contributed by atoms with van der Waals surface area (Å²) in [5.41, 5.74) is 2.29. The van der Waals surface area contributed by atoms with Crippen LogP contribution in [0.1, 0.15) is 0 Å². The number of aromatic amines is 1. The minimum atomic E-state index is 0.363. The predicted octanol–water partition coefficient (Wildman–Crippen LogP) is -0.359. The van der Waals surface area contributed by atoms with E-state index in [2.05, 4.69) is 27.8 Å². The van der Waals surface area contributed by atoms with Gasteiger partial charge in [-0.2, -0.15) is 5.10 Å². The molecule has 9 heavy (non-hydrogen) atoms. The van der Waals surface area contributed by atoms with Crippen LogP contribution in [0.5, 0.6) is 0 Å². The highest BCUT2D eigenvalue weighted by Crippen LogP contribution is 1.78. The number of nitrogens with one attached hydrogen (secondary N) is 2. The first-order valence-electron chi connectivity index (χ1n) is 2.17. The zero-order valence-electron chi connectivity index (χ0n) is 4.37. The fraction of sp³-hybridized carbons (Fsp3) is 0. The molecular weight excluding hydrogens is 140 g/mol. The molecule has 1 aromatic heterocycles. The molecule has 2 N–H and O–H groups in total. The lowest BCUT2D eigenvalue weighted by Crippen LogP contribution is -2.10. The molecule has 5 nitrogen and oxygen atoms in total. The van der Waals surface area contributed by atoms with Gasteiger partial charge in [-0.3, -0.25) is 15.3 Å². The largest absolute Gasteiger partial charge is 0.277 e. The maximum absolute atomic E-state index is 9.80. The van der Waals surface area contributed by atoms with E-state index >= 15 is 0 Å². The van der Waals surface area contributed by atoms with Crippen molar-refractivity contribution in [2.24, 2.45) is 0 Å². The summed E-state index contributed by atoms with van der Waals surface area (Å²) < 4.78 is 1.66. The molecule has 0 bridgehead atoms. The Hall–Kier alpha value is -1.17. The smallest absolute Gasteiger partial charge is 0.226 e. The third-order valence-corrected chi connectivity index (χ3v) is 1.03. The molecule has 0 spiro atoms. The molecule has 6 heteroatoms. The maximum Gasteiger partial charge on any atom is 0.226 e. The van der Waals surface area contributed by atoms with Gasteiger partial charge in [-0.15, -0.1) is 0 Å². The highest BCUT2D eigenvalue weighted by Gasteiger charge is 1.86. The van der Waals surface area contributed by atoms with Crippen LogP contribution in [0.2, 0.25) is 0 Å². The van der Waals surface area contributed by atoms with E-state index in [9.17, 15) is 4.79 Å². The molecule has 0 saturated heterocycles. The SMILES string of the molecule is O=CNn1cn[nH]c1=S.